The number of anilines is 2. The monoisotopic (exact) mass is 412 g/mol. The summed E-state index contributed by atoms with van der Waals surface area (Å²) in [6.07, 6.45) is 0. The van der Waals surface area contributed by atoms with Gasteiger partial charge in [-0.15, -0.1) is 0 Å². The van der Waals surface area contributed by atoms with Crippen LogP contribution in [-0.2, 0) is 0 Å². The van der Waals surface area contributed by atoms with E-state index in [9.17, 15) is 9.59 Å². The maximum Gasteiger partial charge on any atom is 0.258 e. The normalized spacial score (nSPS) is 10.4. The van der Waals surface area contributed by atoms with E-state index in [0.29, 0.717) is 33.4 Å². The van der Waals surface area contributed by atoms with Crippen LogP contribution in [0.3, 0.4) is 0 Å². The van der Waals surface area contributed by atoms with Gasteiger partial charge in [0.1, 0.15) is 0 Å². The number of hydrogen-bond donors (Lipinski definition) is 1. The van der Waals surface area contributed by atoms with Gasteiger partial charge in [-0.25, -0.2) is 0 Å². The first-order chi connectivity index (χ1) is 13.5. The fourth-order valence-electron chi connectivity index (χ4n) is 2.79. The van der Waals surface area contributed by atoms with Gasteiger partial charge in [0.05, 0.1) is 0 Å². The molecule has 0 bridgehead atoms. The van der Waals surface area contributed by atoms with Gasteiger partial charge in [0, 0.05) is 39.1 Å². The Balaban J connectivity index is 1.74. The maximum atomic E-state index is 12.8. The molecule has 0 unspecified atom stereocenters. The molecule has 3 rings (SSSR count). The minimum absolute atomic E-state index is 0.104. The Labute approximate surface area is 173 Å². The quantitative estimate of drug-likeness (QED) is 0.565. The van der Waals surface area contributed by atoms with Crippen molar-refractivity contribution in [3.63, 3.8) is 0 Å². The molecular formula is C22H18Cl2N2O2. The van der Waals surface area contributed by atoms with Crippen LogP contribution < -0.4 is 10.2 Å². The number of nitrogens with one attached hydrogen (secondary N) is 1. The molecule has 3 aromatic carbocycles. The molecule has 0 aliphatic heterocycles. The lowest BCUT2D eigenvalue weighted by atomic mass is 10.1. The number of carbonyl (C=O) groups excluding carboxylic acids is 2. The molecular weight excluding hydrogens is 395 g/mol. The van der Waals surface area contributed by atoms with Crippen molar-refractivity contribution in [3.05, 3.63) is 94.0 Å². The number of para-hydroxylation sites is 1. The van der Waals surface area contributed by atoms with Gasteiger partial charge in [-0.2, -0.15) is 0 Å². The summed E-state index contributed by atoms with van der Waals surface area (Å²) in [5.74, 6) is -0.434. The minimum Gasteiger partial charge on any atom is -0.322 e. The summed E-state index contributed by atoms with van der Waals surface area (Å²) in [5, 5.41) is 3.55. The van der Waals surface area contributed by atoms with E-state index in [4.69, 9.17) is 23.2 Å². The van der Waals surface area contributed by atoms with Gasteiger partial charge in [-0.05, 0) is 61.5 Å². The number of amides is 2. The predicted octanol–water partition coefficient (Wildman–Crippen LogP) is 5.91. The van der Waals surface area contributed by atoms with Gasteiger partial charge < -0.3 is 10.2 Å². The summed E-state index contributed by atoms with van der Waals surface area (Å²) in [5.41, 5.74) is 2.30. The standard InChI is InChI=1S/C22H18Cl2N2O2/c1-2-26(20-6-4-3-5-7-20)22(28)15-8-10-19(11-9-15)25-21(27)16-12-17(23)14-18(24)13-16/h3-14H,2H2,1H3,(H,25,27). The van der Waals surface area contributed by atoms with Crippen LogP contribution in [0.15, 0.2) is 72.8 Å². The molecule has 0 radical (unpaired) electrons. The Morgan fingerprint density at radius 1 is 0.857 bits per heavy atom. The zero-order chi connectivity index (χ0) is 20.1. The molecule has 0 aliphatic rings. The average molecular weight is 413 g/mol. The highest BCUT2D eigenvalue weighted by molar-refractivity contribution is 6.35. The van der Waals surface area contributed by atoms with E-state index in [1.54, 1.807) is 47.4 Å². The second-order valence-corrected chi connectivity index (χ2v) is 6.95. The van der Waals surface area contributed by atoms with Crippen LogP contribution in [-0.4, -0.2) is 18.4 Å². The van der Waals surface area contributed by atoms with E-state index >= 15 is 0 Å². The molecule has 0 atom stereocenters. The number of hydrogen-bond acceptors (Lipinski definition) is 2. The fourth-order valence-corrected chi connectivity index (χ4v) is 3.32. The first-order valence-electron chi connectivity index (χ1n) is 8.72. The van der Waals surface area contributed by atoms with E-state index in [0.717, 1.165) is 5.69 Å². The molecule has 6 heteroatoms. The van der Waals surface area contributed by atoms with Crippen LogP contribution in [0.5, 0.6) is 0 Å². The van der Waals surface area contributed by atoms with Crippen molar-refractivity contribution in [1.29, 1.82) is 0 Å². The Morgan fingerprint density at radius 3 is 2.04 bits per heavy atom. The fraction of sp³-hybridized carbons (Fsp3) is 0.0909. The molecule has 3 aromatic rings. The number of benzene rings is 3. The lowest BCUT2D eigenvalue weighted by Crippen LogP contribution is -2.30. The molecule has 0 spiro atoms. The Bertz CT molecular complexity index is 969. The predicted molar refractivity (Wildman–Crippen MR) is 115 cm³/mol. The zero-order valence-electron chi connectivity index (χ0n) is 15.2. The molecule has 2 amide bonds. The summed E-state index contributed by atoms with van der Waals surface area (Å²) >= 11 is 11.9. The summed E-state index contributed by atoms with van der Waals surface area (Å²) in [7, 11) is 0. The molecule has 0 heterocycles. The van der Waals surface area contributed by atoms with Gasteiger partial charge in [-0.1, -0.05) is 41.4 Å². The third-order valence-corrected chi connectivity index (χ3v) is 4.58. The summed E-state index contributed by atoms with van der Waals surface area (Å²) < 4.78 is 0. The van der Waals surface area contributed by atoms with Crippen LogP contribution >= 0.6 is 23.2 Å². The van der Waals surface area contributed by atoms with Gasteiger partial charge in [0.2, 0.25) is 0 Å². The number of halogens is 2. The maximum absolute atomic E-state index is 12.8. The van der Waals surface area contributed by atoms with Gasteiger partial charge in [-0.3, -0.25) is 9.59 Å². The third kappa shape index (κ3) is 4.71. The summed E-state index contributed by atoms with van der Waals surface area (Å²) in [4.78, 5) is 26.9. The average Bonchev–Trinajstić information content (AvgIpc) is 2.69. The van der Waals surface area contributed by atoms with E-state index in [1.165, 1.54) is 0 Å². The molecule has 0 saturated carbocycles. The van der Waals surface area contributed by atoms with E-state index in [1.807, 2.05) is 37.3 Å². The SMILES string of the molecule is CCN(C(=O)c1ccc(NC(=O)c2cc(Cl)cc(Cl)c2)cc1)c1ccccc1. The van der Waals surface area contributed by atoms with Crippen molar-refractivity contribution in [1.82, 2.24) is 0 Å². The molecule has 0 aromatic heterocycles. The van der Waals surface area contributed by atoms with Crippen LogP contribution in [0.25, 0.3) is 0 Å². The van der Waals surface area contributed by atoms with Crippen molar-refractivity contribution in [2.24, 2.45) is 0 Å². The molecule has 28 heavy (non-hydrogen) atoms. The van der Waals surface area contributed by atoms with Gasteiger partial charge in [0.15, 0.2) is 0 Å². The van der Waals surface area contributed by atoms with Crippen LogP contribution in [0, 0.1) is 0 Å². The number of carbonyl (C=O) groups is 2. The molecule has 0 saturated heterocycles. The second kappa shape index (κ2) is 8.91. The zero-order valence-corrected chi connectivity index (χ0v) is 16.7. The summed E-state index contributed by atoms with van der Waals surface area (Å²) in [6, 6.07) is 20.9. The van der Waals surface area contributed by atoms with Crippen molar-refractivity contribution >= 4 is 46.4 Å². The van der Waals surface area contributed by atoms with E-state index in [-0.39, 0.29) is 11.8 Å². The van der Waals surface area contributed by atoms with Gasteiger partial charge >= 0.3 is 0 Å². The van der Waals surface area contributed by atoms with Crippen LogP contribution in [0.1, 0.15) is 27.6 Å². The lowest BCUT2D eigenvalue weighted by molar-refractivity contribution is 0.0987. The van der Waals surface area contributed by atoms with Crippen molar-refractivity contribution < 1.29 is 9.59 Å². The minimum atomic E-state index is -0.331. The Kier molecular flexibility index (Phi) is 6.34. The van der Waals surface area contributed by atoms with Crippen molar-refractivity contribution in [2.75, 3.05) is 16.8 Å². The molecule has 0 fully saturated rings. The molecule has 4 nitrogen and oxygen atoms in total. The van der Waals surface area contributed by atoms with Crippen molar-refractivity contribution in [2.45, 2.75) is 6.92 Å². The van der Waals surface area contributed by atoms with Gasteiger partial charge in [0.25, 0.3) is 11.8 Å². The number of nitrogens with zero attached hydrogens (tertiary/aromatic N) is 1. The van der Waals surface area contributed by atoms with E-state index < -0.39 is 0 Å². The third-order valence-electron chi connectivity index (χ3n) is 4.14. The molecule has 0 aliphatic carbocycles. The molecule has 1 N–H and O–H groups in total. The first-order valence-corrected chi connectivity index (χ1v) is 9.48. The topological polar surface area (TPSA) is 49.4 Å². The highest BCUT2D eigenvalue weighted by Gasteiger charge is 2.16. The largest absolute Gasteiger partial charge is 0.322 e. The smallest absolute Gasteiger partial charge is 0.258 e. The van der Waals surface area contributed by atoms with Crippen LogP contribution in [0.4, 0.5) is 11.4 Å². The van der Waals surface area contributed by atoms with E-state index in [2.05, 4.69) is 5.32 Å². The summed E-state index contributed by atoms with van der Waals surface area (Å²) in [6.45, 7) is 2.48. The highest BCUT2D eigenvalue weighted by Crippen LogP contribution is 2.21. The second-order valence-electron chi connectivity index (χ2n) is 6.07. The highest BCUT2D eigenvalue weighted by atomic mass is 35.5. The Morgan fingerprint density at radius 2 is 1.46 bits per heavy atom. The van der Waals surface area contributed by atoms with Crippen LogP contribution in [0.2, 0.25) is 10.0 Å². The molecule has 142 valence electrons. The number of rotatable bonds is 5. The Hall–Kier alpha value is -2.82. The van der Waals surface area contributed by atoms with Crippen molar-refractivity contribution in [3.8, 4) is 0 Å². The first kappa shape index (κ1) is 19.9. The lowest BCUT2D eigenvalue weighted by Gasteiger charge is -2.21.